The minimum absolute atomic E-state index is 0.197. The smallest absolute Gasteiger partial charge is 0.0620 e. The molecule has 0 spiro atoms. The summed E-state index contributed by atoms with van der Waals surface area (Å²) >= 11 is 0. The zero-order chi connectivity index (χ0) is 37.1. The van der Waals surface area contributed by atoms with Crippen LogP contribution in [0.4, 0.5) is 0 Å². The van der Waals surface area contributed by atoms with Gasteiger partial charge in [-0.25, -0.2) is 0 Å². The van der Waals surface area contributed by atoms with Gasteiger partial charge in [-0.05, 0) is 113 Å². The van der Waals surface area contributed by atoms with E-state index in [4.69, 9.17) is 0 Å². The maximum absolute atomic E-state index is 2.58. The van der Waals surface area contributed by atoms with Crippen LogP contribution in [-0.2, 0) is 5.41 Å². The molecule has 1 aliphatic rings. The van der Waals surface area contributed by atoms with Crippen molar-refractivity contribution in [3.05, 3.63) is 199 Å². The Morgan fingerprint density at radius 2 is 0.964 bits per heavy atom. The maximum atomic E-state index is 2.58. The summed E-state index contributed by atoms with van der Waals surface area (Å²) in [6.07, 6.45) is 0. The quantitative estimate of drug-likeness (QED) is 0.160. The molecule has 0 saturated heterocycles. The number of hydrogen-bond donors (Lipinski definition) is 0. The highest BCUT2D eigenvalue weighted by molar-refractivity contribution is 6.30. The number of aromatic nitrogens is 1. The van der Waals surface area contributed by atoms with Gasteiger partial charge in [-0.2, -0.15) is 0 Å². The van der Waals surface area contributed by atoms with E-state index in [-0.39, 0.29) is 5.41 Å². The molecule has 1 heterocycles. The van der Waals surface area contributed by atoms with Crippen molar-refractivity contribution in [2.24, 2.45) is 0 Å². The molecule has 1 heteroatoms. The van der Waals surface area contributed by atoms with Crippen molar-refractivity contribution >= 4 is 54.0 Å². The van der Waals surface area contributed by atoms with Gasteiger partial charge >= 0.3 is 0 Å². The summed E-state index contributed by atoms with van der Waals surface area (Å²) in [5.41, 5.74) is 15.0. The largest absolute Gasteiger partial charge is 0.308 e. The van der Waals surface area contributed by atoms with Crippen LogP contribution in [0.3, 0.4) is 0 Å². The molecule has 0 aliphatic heterocycles. The highest BCUT2D eigenvalue weighted by atomic mass is 15.0. The predicted molar refractivity (Wildman–Crippen MR) is 238 cm³/mol. The van der Waals surface area contributed by atoms with Crippen LogP contribution in [0.25, 0.3) is 104 Å². The van der Waals surface area contributed by atoms with Gasteiger partial charge in [-0.3, -0.25) is 0 Å². The summed E-state index contributed by atoms with van der Waals surface area (Å²) in [4.78, 5) is 0. The van der Waals surface area contributed by atoms with Crippen molar-refractivity contribution in [3.8, 4) is 50.3 Å². The molecule has 1 nitrogen and oxygen atoms in total. The van der Waals surface area contributed by atoms with Crippen molar-refractivity contribution < 1.29 is 0 Å². The Bertz CT molecular complexity index is 3350. The maximum Gasteiger partial charge on any atom is 0.0620 e. The first kappa shape index (κ1) is 31.4. The lowest BCUT2D eigenvalue weighted by Crippen LogP contribution is -2.15. The Morgan fingerprint density at radius 3 is 1.75 bits per heavy atom. The van der Waals surface area contributed by atoms with E-state index in [1.54, 1.807) is 0 Å². The van der Waals surface area contributed by atoms with E-state index in [9.17, 15) is 0 Å². The summed E-state index contributed by atoms with van der Waals surface area (Å²) in [7, 11) is 0. The number of rotatable bonds is 4. The summed E-state index contributed by atoms with van der Waals surface area (Å²) in [6, 6.07) is 70.2. The van der Waals surface area contributed by atoms with E-state index < -0.39 is 0 Å². The highest BCUT2D eigenvalue weighted by Gasteiger charge is 2.36. The van der Waals surface area contributed by atoms with E-state index in [0.29, 0.717) is 0 Å². The second-order valence-corrected chi connectivity index (χ2v) is 16.1. The van der Waals surface area contributed by atoms with Gasteiger partial charge in [0.1, 0.15) is 0 Å². The van der Waals surface area contributed by atoms with Crippen LogP contribution < -0.4 is 0 Å². The molecule has 0 bridgehead atoms. The standard InChI is InChI=1S/C55H37N/c1-55(2)48-32-41(40-22-20-34-12-9-10-17-39(34)30-40)25-27-44(48)45-29-26-43(33-49(45)55)56-53(38-15-7-4-8-16-38)52(35-13-5-3-6-14-35)47-31-42-23-21-36-18-11-19-37-24-28-46(54(47)56)51(42)50(36)37/h3-33H,1-2H3. The van der Waals surface area contributed by atoms with Crippen molar-refractivity contribution in [2.75, 3.05) is 0 Å². The van der Waals surface area contributed by atoms with Gasteiger partial charge in [0.25, 0.3) is 0 Å². The molecule has 10 aromatic carbocycles. The molecule has 0 atom stereocenters. The average Bonchev–Trinajstić information content (AvgIpc) is 3.71. The third-order valence-corrected chi connectivity index (χ3v) is 12.7. The van der Waals surface area contributed by atoms with Crippen LogP contribution in [0.2, 0.25) is 0 Å². The van der Waals surface area contributed by atoms with Gasteiger partial charge in [0.2, 0.25) is 0 Å². The number of hydrogen-bond acceptors (Lipinski definition) is 0. The van der Waals surface area contributed by atoms with Gasteiger partial charge in [0.05, 0.1) is 11.2 Å². The molecule has 56 heavy (non-hydrogen) atoms. The lowest BCUT2D eigenvalue weighted by atomic mass is 9.81. The van der Waals surface area contributed by atoms with Crippen LogP contribution in [0.5, 0.6) is 0 Å². The second kappa shape index (κ2) is 11.5. The van der Waals surface area contributed by atoms with Gasteiger partial charge in [0, 0.05) is 27.4 Å². The van der Waals surface area contributed by atoms with Crippen LogP contribution in [0, 0.1) is 0 Å². The molecule has 0 amide bonds. The minimum Gasteiger partial charge on any atom is -0.308 e. The van der Waals surface area contributed by atoms with Crippen molar-refractivity contribution in [2.45, 2.75) is 19.3 Å². The van der Waals surface area contributed by atoms with Gasteiger partial charge < -0.3 is 4.57 Å². The Labute approximate surface area is 326 Å². The van der Waals surface area contributed by atoms with Crippen LogP contribution in [-0.4, -0.2) is 4.57 Å². The van der Waals surface area contributed by atoms with Crippen molar-refractivity contribution in [1.82, 2.24) is 4.57 Å². The van der Waals surface area contributed by atoms with Gasteiger partial charge in [0.15, 0.2) is 0 Å². The molecule has 0 N–H and O–H groups in total. The van der Waals surface area contributed by atoms with Gasteiger partial charge in [-0.1, -0.05) is 172 Å². The van der Waals surface area contributed by atoms with E-state index in [0.717, 1.165) is 0 Å². The van der Waals surface area contributed by atoms with Gasteiger partial charge in [-0.15, -0.1) is 0 Å². The van der Waals surface area contributed by atoms with E-state index in [1.165, 1.54) is 115 Å². The van der Waals surface area contributed by atoms with Crippen LogP contribution >= 0.6 is 0 Å². The highest BCUT2D eigenvalue weighted by Crippen LogP contribution is 2.52. The molecule has 0 radical (unpaired) electrons. The molecular weight excluding hydrogens is 675 g/mol. The van der Waals surface area contributed by atoms with E-state index in [1.807, 2.05) is 0 Å². The Balaban J connectivity index is 1.14. The lowest BCUT2D eigenvalue weighted by molar-refractivity contribution is 0.660. The lowest BCUT2D eigenvalue weighted by Gasteiger charge is -2.23. The fourth-order valence-electron chi connectivity index (χ4n) is 10.0. The van der Waals surface area contributed by atoms with Crippen molar-refractivity contribution in [3.63, 3.8) is 0 Å². The first-order valence-corrected chi connectivity index (χ1v) is 19.7. The number of fused-ring (bicyclic) bond motifs is 6. The summed E-state index contributed by atoms with van der Waals surface area (Å²) in [5.74, 6) is 0. The minimum atomic E-state index is -0.197. The first-order valence-electron chi connectivity index (χ1n) is 19.7. The fraction of sp³-hybridized carbons (Fsp3) is 0.0545. The Hall–Kier alpha value is -6.96. The first-order chi connectivity index (χ1) is 27.5. The zero-order valence-electron chi connectivity index (χ0n) is 31.3. The molecule has 0 unspecified atom stereocenters. The molecule has 1 aliphatic carbocycles. The SMILES string of the molecule is CC1(C)c2cc(-c3ccc4ccccc4c3)ccc2-c2ccc(-n3c(-c4ccccc4)c(-c4ccccc4)c4cc5ccc6cccc7ccc(c5c67)c43)cc21. The molecule has 11 aromatic rings. The summed E-state index contributed by atoms with van der Waals surface area (Å²) < 4.78 is 2.58. The van der Waals surface area contributed by atoms with Crippen LogP contribution in [0.15, 0.2) is 188 Å². The molecule has 262 valence electrons. The van der Waals surface area contributed by atoms with Crippen molar-refractivity contribution in [1.29, 1.82) is 0 Å². The molecular formula is C55H37N. The summed E-state index contributed by atoms with van der Waals surface area (Å²) in [6.45, 7) is 4.81. The summed E-state index contributed by atoms with van der Waals surface area (Å²) in [5, 5.41) is 11.6. The second-order valence-electron chi connectivity index (χ2n) is 16.1. The molecule has 1 aromatic heterocycles. The predicted octanol–water partition coefficient (Wildman–Crippen LogP) is 15.0. The normalized spacial score (nSPS) is 13.3. The van der Waals surface area contributed by atoms with E-state index >= 15 is 0 Å². The Kier molecular flexibility index (Phi) is 6.46. The monoisotopic (exact) mass is 711 g/mol. The van der Waals surface area contributed by atoms with Crippen LogP contribution in [0.1, 0.15) is 25.0 Å². The number of benzene rings is 10. The van der Waals surface area contributed by atoms with E-state index in [2.05, 4.69) is 206 Å². The average molecular weight is 712 g/mol. The Morgan fingerprint density at radius 1 is 0.375 bits per heavy atom. The fourth-order valence-corrected chi connectivity index (χ4v) is 10.0. The molecule has 0 saturated carbocycles. The zero-order valence-corrected chi connectivity index (χ0v) is 31.3. The molecule has 0 fully saturated rings. The molecule has 12 rings (SSSR count). The third kappa shape index (κ3) is 4.37. The topological polar surface area (TPSA) is 4.93 Å². The third-order valence-electron chi connectivity index (χ3n) is 12.7. The number of nitrogens with zero attached hydrogens (tertiary/aromatic N) is 1.